The van der Waals surface area contributed by atoms with Gasteiger partial charge in [0.15, 0.2) is 5.13 Å². The number of anilines is 2. The molecule has 32 heavy (non-hydrogen) atoms. The fraction of sp³-hybridized carbons (Fsp3) is 0.227. The molecule has 0 unspecified atom stereocenters. The van der Waals surface area contributed by atoms with Crippen LogP contribution in [0.25, 0.3) is 11.3 Å². The number of nitrogens with one attached hydrogen (secondary N) is 1. The minimum absolute atomic E-state index is 0.0104. The summed E-state index contributed by atoms with van der Waals surface area (Å²) in [6, 6.07) is 14.0. The Balaban J connectivity index is 1.50. The summed E-state index contributed by atoms with van der Waals surface area (Å²) in [5.41, 5.74) is 2.17. The maximum absolute atomic E-state index is 12.7. The van der Waals surface area contributed by atoms with Crippen LogP contribution in [0.4, 0.5) is 16.5 Å². The van der Waals surface area contributed by atoms with Gasteiger partial charge in [-0.2, -0.15) is 0 Å². The van der Waals surface area contributed by atoms with E-state index in [1.165, 1.54) is 24.3 Å². The molecule has 0 saturated carbocycles. The first kappa shape index (κ1) is 21.4. The van der Waals surface area contributed by atoms with Crippen LogP contribution in [0.2, 0.25) is 0 Å². The van der Waals surface area contributed by atoms with Crippen LogP contribution in [-0.4, -0.2) is 52.8 Å². The zero-order chi connectivity index (χ0) is 22.7. The number of nitro benzene ring substituents is 1. The number of carbonyl (C=O) groups is 2. The summed E-state index contributed by atoms with van der Waals surface area (Å²) in [5.74, 6) is -0.473. The average Bonchev–Trinajstić information content (AvgIpc) is 3.27. The van der Waals surface area contributed by atoms with Gasteiger partial charge in [-0.3, -0.25) is 25.0 Å². The van der Waals surface area contributed by atoms with Crippen molar-refractivity contribution in [1.29, 1.82) is 0 Å². The van der Waals surface area contributed by atoms with Crippen LogP contribution in [0, 0.1) is 10.1 Å². The highest BCUT2D eigenvalue weighted by molar-refractivity contribution is 7.14. The van der Waals surface area contributed by atoms with Gasteiger partial charge in [-0.15, -0.1) is 11.3 Å². The maximum Gasteiger partial charge on any atom is 0.293 e. The fourth-order valence-corrected chi connectivity index (χ4v) is 4.30. The largest absolute Gasteiger partial charge is 0.362 e. The molecule has 2 aromatic carbocycles. The van der Waals surface area contributed by atoms with Crippen molar-refractivity contribution >= 4 is 39.7 Å². The van der Waals surface area contributed by atoms with Crippen molar-refractivity contribution in [1.82, 2.24) is 9.88 Å². The molecule has 0 bridgehead atoms. The standard InChI is InChI=1S/C22H21N5O4S/c1-15(28)25-9-11-26(12-10-25)19-8-7-17(13-20(19)27(30)31)21(29)24-22-23-18(14-32-22)16-5-3-2-4-6-16/h2-8,13-14H,9-12H2,1H3,(H,23,24,29). The van der Waals surface area contributed by atoms with Crippen molar-refractivity contribution in [3.63, 3.8) is 0 Å². The molecule has 10 heteroatoms. The molecule has 2 amide bonds. The lowest BCUT2D eigenvalue weighted by Crippen LogP contribution is -2.48. The Hall–Kier alpha value is -3.79. The lowest BCUT2D eigenvalue weighted by atomic mass is 10.1. The normalized spacial score (nSPS) is 13.7. The Bertz CT molecular complexity index is 1160. The van der Waals surface area contributed by atoms with E-state index in [1.807, 2.05) is 40.6 Å². The molecule has 3 aromatic rings. The molecule has 2 heterocycles. The first-order chi connectivity index (χ1) is 15.4. The van der Waals surface area contributed by atoms with Crippen molar-refractivity contribution in [3.8, 4) is 11.3 Å². The third kappa shape index (κ3) is 4.59. The van der Waals surface area contributed by atoms with Gasteiger partial charge in [0, 0.05) is 55.7 Å². The number of amides is 2. The van der Waals surface area contributed by atoms with E-state index in [0.29, 0.717) is 37.0 Å². The van der Waals surface area contributed by atoms with Crippen molar-refractivity contribution in [2.45, 2.75) is 6.92 Å². The molecule has 4 rings (SSSR count). The number of carbonyl (C=O) groups excluding carboxylic acids is 2. The maximum atomic E-state index is 12.7. The second-order valence-electron chi connectivity index (χ2n) is 7.31. The van der Waals surface area contributed by atoms with Crippen LogP contribution < -0.4 is 10.2 Å². The Morgan fingerprint density at radius 3 is 2.47 bits per heavy atom. The zero-order valence-corrected chi connectivity index (χ0v) is 18.2. The van der Waals surface area contributed by atoms with E-state index < -0.39 is 10.8 Å². The van der Waals surface area contributed by atoms with Gasteiger partial charge in [0.2, 0.25) is 5.91 Å². The van der Waals surface area contributed by atoms with Crippen molar-refractivity contribution in [3.05, 3.63) is 69.6 Å². The highest BCUT2D eigenvalue weighted by Gasteiger charge is 2.26. The van der Waals surface area contributed by atoms with E-state index in [-0.39, 0.29) is 17.2 Å². The van der Waals surface area contributed by atoms with Crippen LogP contribution in [-0.2, 0) is 4.79 Å². The lowest BCUT2D eigenvalue weighted by molar-refractivity contribution is -0.384. The molecule has 1 aliphatic rings. The summed E-state index contributed by atoms with van der Waals surface area (Å²) in [5, 5.41) is 16.7. The Labute approximate surface area is 188 Å². The predicted octanol–water partition coefficient (Wildman–Crippen LogP) is 3.64. The number of hydrogen-bond acceptors (Lipinski definition) is 7. The molecule has 1 N–H and O–H groups in total. The zero-order valence-electron chi connectivity index (χ0n) is 17.4. The molecule has 1 aliphatic heterocycles. The summed E-state index contributed by atoms with van der Waals surface area (Å²) in [4.78, 5) is 43.5. The smallest absolute Gasteiger partial charge is 0.293 e. The summed E-state index contributed by atoms with van der Waals surface area (Å²) in [6.45, 7) is 3.50. The molecule has 9 nitrogen and oxygen atoms in total. The van der Waals surface area contributed by atoms with E-state index in [2.05, 4.69) is 10.3 Å². The molecule has 1 aromatic heterocycles. The first-order valence-electron chi connectivity index (χ1n) is 10.0. The highest BCUT2D eigenvalue weighted by atomic mass is 32.1. The van der Waals surface area contributed by atoms with E-state index in [0.717, 1.165) is 11.3 Å². The van der Waals surface area contributed by atoms with Crippen LogP contribution >= 0.6 is 11.3 Å². The molecule has 0 aliphatic carbocycles. The molecule has 0 radical (unpaired) electrons. The van der Waals surface area contributed by atoms with Gasteiger partial charge in [0.05, 0.1) is 10.6 Å². The van der Waals surface area contributed by atoms with E-state index >= 15 is 0 Å². The Morgan fingerprint density at radius 1 is 1.09 bits per heavy atom. The fourth-order valence-electron chi connectivity index (χ4n) is 3.58. The van der Waals surface area contributed by atoms with Crippen molar-refractivity contribution < 1.29 is 14.5 Å². The number of rotatable bonds is 5. The molecular weight excluding hydrogens is 430 g/mol. The topological polar surface area (TPSA) is 109 Å². The molecule has 0 spiro atoms. The van der Waals surface area contributed by atoms with E-state index in [4.69, 9.17) is 0 Å². The van der Waals surface area contributed by atoms with Crippen LogP contribution in [0.1, 0.15) is 17.3 Å². The average molecular weight is 452 g/mol. The van der Waals surface area contributed by atoms with Gasteiger partial charge >= 0.3 is 0 Å². The lowest BCUT2D eigenvalue weighted by Gasteiger charge is -2.35. The predicted molar refractivity (Wildman–Crippen MR) is 123 cm³/mol. The second-order valence-corrected chi connectivity index (χ2v) is 8.17. The monoisotopic (exact) mass is 451 g/mol. The number of nitrogens with zero attached hydrogens (tertiary/aromatic N) is 4. The van der Waals surface area contributed by atoms with Gasteiger partial charge in [-0.05, 0) is 12.1 Å². The van der Waals surface area contributed by atoms with Gasteiger partial charge in [0.25, 0.3) is 11.6 Å². The summed E-state index contributed by atoms with van der Waals surface area (Å²) in [7, 11) is 0. The Morgan fingerprint density at radius 2 is 1.81 bits per heavy atom. The quantitative estimate of drug-likeness (QED) is 0.469. The van der Waals surface area contributed by atoms with Gasteiger partial charge in [-0.25, -0.2) is 4.98 Å². The number of nitro groups is 1. The highest BCUT2D eigenvalue weighted by Crippen LogP contribution is 2.31. The molecule has 164 valence electrons. The Kier molecular flexibility index (Phi) is 6.13. The molecule has 1 fully saturated rings. The number of benzene rings is 2. The minimum atomic E-state index is -0.486. The van der Waals surface area contributed by atoms with E-state index in [9.17, 15) is 19.7 Å². The SMILES string of the molecule is CC(=O)N1CCN(c2ccc(C(=O)Nc3nc(-c4ccccc4)cs3)cc2[N+](=O)[O-])CC1. The number of aromatic nitrogens is 1. The summed E-state index contributed by atoms with van der Waals surface area (Å²) < 4.78 is 0. The number of piperazine rings is 1. The van der Waals surface area contributed by atoms with Crippen molar-refractivity contribution in [2.75, 3.05) is 36.4 Å². The molecule has 1 saturated heterocycles. The second kappa shape index (κ2) is 9.15. The molecular formula is C22H21N5O4S. The van der Waals surface area contributed by atoms with Crippen molar-refractivity contribution in [2.24, 2.45) is 0 Å². The van der Waals surface area contributed by atoms with E-state index in [1.54, 1.807) is 17.0 Å². The van der Waals surface area contributed by atoms with Crippen LogP contribution in [0.3, 0.4) is 0 Å². The minimum Gasteiger partial charge on any atom is -0.362 e. The van der Waals surface area contributed by atoms with Gasteiger partial charge in [-0.1, -0.05) is 30.3 Å². The van der Waals surface area contributed by atoms with Gasteiger partial charge < -0.3 is 9.80 Å². The van der Waals surface area contributed by atoms with Gasteiger partial charge in [0.1, 0.15) is 5.69 Å². The van der Waals surface area contributed by atoms with Crippen LogP contribution in [0.15, 0.2) is 53.9 Å². The first-order valence-corrected chi connectivity index (χ1v) is 10.9. The number of hydrogen-bond donors (Lipinski definition) is 1. The molecule has 0 atom stereocenters. The van der Waals surface area contributed by atoms with Crippen LogP contribution in [0.5, 0.6) is 0 Å². The summed E-state index contributed by atoms with van der Waals surface area (Å²) >= 11 is 1.29. The number of thiazole rings is 1. The third-order valence-electron chi connectivity index (χ3n) is 5.29. The third-order valence-corrected chi connectivity index (χ3v) is 6.05. The summed E-state index contributed by atoms with van der Waals surface area (Å²) in [6.07, 6.45) is 0.